The van der Waals surface area contributed by atoms with E-state index in [1.807, 2.05) is 26.0 Å². The first-order valence-corrected chi connectivity index (χ1v) is 7.26. The summed E-state index contributed by atoms with van der Waals surface area (Å²) in [6.07, 6.45) is 0. The van der Waals surface area contributed by atoms with Gasteiger partial charge in [0.25, 0.3) is 0 Å². The minimum Gasteiger partial charge on any atom is -0.495 e. The van der Waals surface area contributed by atoms with Crippen LogP contribution in [0.15, 0.2) is 34.8 Å². The second kappa shape index (κ2) is 6.43. The van der Waals surface area contributed by atoms with Crippen LogP contribution in [0.25, 0.3) is 0 Å². The molecule has 2 aromatic rings. The van der Waals surface area contributed by atoms with Gasteiger partial charge in [-0.2, -0.15) is 0 Å². The van der Waals surface area contributed by atoms with Crippen molar-refractivity contribution in [1.82, 2.24) is 0 Å². The van der Waals surface area contributed by atoms with Crippen molar-refractivity contribution < 1.29 is 13.5 Å². The standard InChI is InChI=1S/C16H16BrF2NO/c1-9-4-12(17)7-15(21-3)16(9)20-10(2)11-5-13(18)8-14(19)6-11/h4-8,10,20H,1-3H3. The van der Waals surface area contributed by atoms with Crippen LogP contribution in [-0.4, -0.2) is 7.11 Å². The molecule has 2 rings (SSSR count). The largest absolute Gasteiger partial charge is 0.495 e. The topological polar surface area (TPSA) is 21.3 Å². The quantitative estimate of drug-likeness (QED) is 0.811. The van der Waals surface area contributed by atoms with E-state index in [1.165, 1.54) is 12.1 Å². The normalized spacial score (nSPS) is 12.1. The highest BCUT2D eigenvalue weighted by Gasteiger charge is 2.14. The minimum atomic E-state index is -0.585. The molecular formula is C16H16BrF2NO. The molecule has 21 heavy (non-hydrogen) atoms. The molecule has 0 aliphatic heterocycles. The number of ether oxygens (including phenoxy) is 1. The lowest BCUT2D eigenvalue weighted by molar-refractivity contribution is 0.415. The van der Waals surface area contributed by atoms with E-state index in [2.05, 4.69) is 21.2 Å². The lowest BCUT2D eigenvalue weighted by atomic mass is 10.1. The second-order valence-corrected chi connectivity index (χ2v) is 5.78. The summed E-state index contributed by atoms with van der Waals surface area (Å²) in [5.74, 6) is -0.498. The Morgan fingerprint density at radius 3 is 2.29 bits per heavy atom. The third kappa shape index (κ3) is 3.73. The lowest BCUT2D eigenvalue weighted by Crippen LogP contribution is -2.09. The second-order valence-electron chi connectivity index (χ2n) is 4.87. The van der Waals surface area contributed by atoms with Crippen LogP contribution >= 0.6 is 15.9 Å². The van der Waals surface area contributed by atoms with Gasteiger partial charge in [-0.05, 0) is 49.2 Å². The molecule has 0 radical (unpaired) electrons. The number of nitrogens with one attached hydrogen (secondary N) is 1. The molecule has 2 nitrogen and oxygen atoms in total. The molecule has 0 aliphatic carbocycles. The molecule has 0 spiro atoms. The van der Waals surface area contributed by atoms with E-state index in [1.54, 1.807) is 7.11 Å². The molecular weight excluding hydrogens is 340 g/mol. The van der Waals surface area contributed by atoms with Gasteiger partial charge in [-0.15, -0.1) is 0 Å². The van der Waals surface area contributed by atoms with E-state index >= 15 is 0 Å². The molecule has 0 fully saturated rings. The van der Waals surface area contributed by atoms with Crippen molar-refractivity contribution >= 4 is 21.6 Å². The van der Waals surface area contributed by atoms with Crippen molar-refractivity contribution in [3.05, 3.63) is 57.6 Å². The molecule has 0 saturated heterocycles. The molecule has 112 valence electrons. The number of rotatable bonds is 4. The van der Waals surface area contributed by atoms with Gasteiger partial charge >= 0.3 is 0 Å². The summed E-state index contributed by atoms with van der Waals surface area (Å²) in [6.45, 7) is 3.78. The molecule has 1 atom stereocenters. The Morgan fingerprint density at radius 2 is 1.71 bits per heavy atom. The third-order valence-electron chi connectivity index (χ3n) is 3.23. The van der Waals surface area contributed by atoms with Crippen molar-refractivity contribution in [2.45, 2.75) is 19.9 Å². The monoisotopic (exact) mass is 355 g/mol. The summed E-state index contributed by atoms with van der Waals surface area (Å²) in [5.41, 5.74) is 2.32. The fourth-order valence-electron chi connectivity index (χ4n) is 2.18. The predicted octanol–water partition coefficient (Wildman–Crippen LogP) is 5.22. The lowest BCUT2D eigenvalue weighted by Gasteiger charge is -2.20. The molecule has 0 aliphatic rings. The fourth-order valence-corrected chi connectivity index (χ4v) is 2.73. The van der Waals surface area contributed by atoms with Crippen molar-refractivity contribution in [3.8, 4) is 5.75 Å². The molecule has 1 N–H and O–H groups in total. The molecule has 0 saturated carbocycles. The van der Waals surface area contributed by atoms with Gasteiger partial charge < -0.3 is 10.1 Å². The molecule has 5 heteroatoms. The number of hydrogen-bond donors (Lipinski definition) is 1. The van der Waals surface area contributed by atoms with E-state index in [4.69, 9.17) is 4.74 Å². The van der Waals surface area contributed by atoms with Gasteiger partial charge in [-0.1, -0.05) is 15.9 Å². The van der Waals surface area contributed by atoms with E-state index in [-0.39, 0.29) is 6.04 Å². The smallest absolute Gasteiger partial charge is 0.143 e. The number of anilines is 1. The van der Waals surface area contributed by atoms with Crippen LogP contribution in [0.3, 0.4) is 0 Å². The first kappa shape index (κ1) is 15.8. The van der Waals surface area contributed by atoms with Crippen molar-refractivity contribution in [2.75, 3.05) is 12.4 Å². The number of benzene rings is 2. The van der Waals surface area contributed by atoms with Crippen LogP contribution in [0.2, 0.25) is 0 Å². The SMILES string of the molecule is COc1cc(Br)cc(C)c1NC(C)c1cc(F)cc(F)c1. The first-order valence-electron chi connectivity index (χ1n) is 6.47. The molecule has 0 heterocycles. The van der Waals surface area contributed by atoms with Gasteiger partial charge in [-0.3, -0.25) is 0 Å². The van der Waals surface area contributed by atoms with Crippen LogP contribution in [0, 0.1) is 18.6 Å². The number of aryl methyl sites for hydroxylation is 1. The van der Waals surface area contributed by atoms with Gasteiger partial charge in [0.15, 0.2) is 0 Å². The molecule has 0 bridgehead atoms. The van der Waals surface area contributed by atoms with Crippen LogP contribution in [0.4, 0.5) is 14.5 Å². The molecule has 0 aromatic heterocycles. The van der Waals surface area contributed by atoms with Gasteiger partial charge in [-0.25, -0.2) is 8.78 Å². The maximum absolute atomic E-state index is 13.3. The summed E-state index contributed by atoms with van der Waals surface area (Å²) in [5, 5.41) is 3.25. The third-order valence-corrected chi connectivity index (χ3v) is 3.69. The van der Waals surface area contributed by atoms with Crippen molar-refractivity contribution in [1.29, 1.82) is 0 Å². The minimum absolute atomic E-state index is 0.260. The maximum Gasteiger partial charge on any atom is 0.143 e. The Bertz CT molecular complexity index is 641. The maximum atomic E-state index is 13.3. The van der Waals surface area contributed by atoms with Gasteiger partial charge in [0.05, 0.1) is 12.8 Å². The number of hydrogen-bond acceptors (Lipinski definition) is 2. The summed E-state index contributed by atoms with van der Waals surface area (Å²) < 4.78 is 32.9. The highest BCUT2D eigenvalue weighted by atomic mass is 79.9. The zero-order valence-corrected chi connectivity index (χ0v) is 13.6. The zero-order chi connectivity index (χ0) is 15.6. The summed E-state index contributed by atoms with van der Waals surface area (Å²) >= 11 is 3.41. The van der Waals surface area contributed by atoms with Crippen LogP contribution in [0.5, 0.6) is 5.75 Å². The Hall–Kier alpha value is -1.62. The highest BCUT2D eigenvalue weighted by Crippen LogP contribution is 2.34. The summed E-state index contributed by atoms with van der Waals surface area (Å²) in [6, 6.07) is 7.03. The average molecular weight is 356 g/mol. The van der Waals surface area contributed by atoms with E-state index in [9.17, 15) is 8.78 Å². The first-order chi connectivity index (χ1) is 9.90. The van der Waals surface area contributed by atoms with Crippen molar-refractivity contribution in [2.24, 2.45) is 0 Å². The van der Waals surface area contributed by atoms with Crippen molar-refractivity contribution in [3.63, 3.8) is 0 Å². The molecule has 0 amide bonds. The molecule has 1 unspecified atom stereocenters. The molecule has 2 aromatic carbocycles. The Balaban J connectivity index is 2.33. The fraction of sp³-hybridized carbons (Fsp3) is 0.250. The van der Waals surface area contributed by atoms with Gasteiger partial charge in [0.1, 0.15) is 17.4 Å². The predicted molar refractivity (Wildman–Crippen MR) is 83.8 cm³/mol. The van der Waals surface area contributed by atoms with Crippen LogP contribution in [0.1, 0.15) is 24.1 Å². The van der Waals surface area contributed by atoms with E-state index in [0.717, 1.165) is 21.8 Å². The number of halogens is 3. The highest BCUT2D eigenvalue weighted by molar-refractivity contribution is 9.10. The Morgan fingerprint density at radius 1 is 1.10 bits per heavy atom. The van der Waals surface area contributed by atoms with Gasteiger partial charge in [0, 0.05) is 16.6 Å². The summed E-state index contributed by atoms with van der Waals surface area (Å²) in [4.78, 5) is 0. The van der Waals surface area contributed by atoms with Crippen LogP contribution in [-0.2, 0) is 0 Å². The zero-order valence-electron chi connectivity index (χ0n) is 12.0. The number of methoxy groups -OCH3 is 1. The Labute approximate surface area is 131 Å². The summed E-state index contributed by atoms with van der Waals surface area (Å²) in [7, 11) is 1.58. The van der Waals surface area contributed by atoms with Crippen LogP contribution < -0.4 is 10.1 Å². The van der Waals surface area contributed by atoms with E-state index in [0.29, 0.717) is 11.3 Å². The average Bonchev–Trinajstić information content (AvgIpc) is 2.40. The van der Waals surface area contributed by atoms with E-state index < -0.39 is 11.6 Å². The van der Waals surface area contributed by atoms with Gasteiger partial charge in [0.2, 0.25) is 0 Å². The Kier molecular flexibility index (Phi) is 4.83.